The molecule has 15 heavy (non-hydrogen) atoms. The van der Waals surface area contributed by atoms with Gasteiger partial charge in [0.05, 0.1) is 6.54 Å². The third-order valence-electron chi connectivity index (χ3n) is 2.71. The van der Waals surface area contributed by atoms with Crippen molar-refractivity contribution in [3.8, 4) is 0 Å². The quantitative estimate of drug-likeness (QED) is 0.304. The molecular formula is C10H19N3O2. The number of carbonyl (C=O) groups excluding carboxylic acids is 1. The van der Waals surface area contributed by atoms with Gasteiger partial charge < -0.3 is 15.8 Å². The molecule has 0 saturated heterocycles. The van der Waals surface area contributed by atoms with E-state index in [1.807, 2.05) is 6.92 Å². The summed E-state index contributed by atoms with van der Waals surface area (Å²) in [5.41, 5.74) is 5.40. The first-order valence-electron chi connectivity index (χ1n) is 5.35. The molecule has 0 heterocycles. The number of amides is 1. The van der Waals surface area contributed by atoms with Crippen LogP contribution in [-0.4, -0.2) is 34.9 Å². The van der Waals surface area contributed by atoms with E-state index in [0.29, 0.717) is 12.5 Å². The summed E-state index contributed by atoms with van der Waals surface area (Å²) in [5.74, 6) is 0.869. The molecule has 1 amide bonds. The zero-order valence-electron chi connectivity index (χ0n) is 9.31. The molecule has 0 radical (unpaired) electrons. The Bertz CT molecular complexity index is 265. The Morgan fingerprint density at radius 1 is 1.67 bits per heavy atom. The molecule has 0 spiro atoms. The predicted octanol–water partition coefficient (Wildman–Crippen LogP) is 0.627. The molecule has 1 saturated carbocycles. The van der Waals surface area contributed by atoms with E-state index in [-0.39, 0.29) is 24.2 Å². The van der Waals surface area contributed by atoms with Gasteiger partial charge >= 0.3 is 0 Å². The zero-order valence-corrected chi connectivity index (χ0v) is 9.31. The van der Waals surface area contributed by atoms with Gasteiger partial charge in [-0.05, 0) is 18.8 Å². The summed E-state index contributed by atoms with van der Waals surface area (Å²) in [7, 11) is 0. The number of hydrogen-bond donors (Lipinski definition) is 2. The van der Waals surface area contributed by atoms with E-state index in [1.165, 1.54) is 0 Å². The van der Waals surface area contributed by atoms with Crippen molar-refractivity contribution in [3.05, 3.63) is 0 Å². The van der Waals surface area contributed by atoms with Gasteiger partial charge in [-0.15, -0.1) is 0 Å². The van der Waals surface area contributed by atoms with Crippen LogP contribution in [0.5, 0.6) is 0 Å². The Kier molecular flexibility index (Phi) is 3.94. The first kappa shape index (κ1) is 11.8. The van der Waals surface area contributed by atoms with Crippen molar-refractivity contribution in [1.82, 2.24) is 4.90 Å². The number of rotatable bonds is 5. The summed E-state index contributed by atoms with van der Waals surface area (Å²) in [6.45, 7) is 4.96. The number of carbonyl (C=O) groups is 1. The molecule has 3 N–H and O–H groups in total. The highest BCUT2D eigenvalue weighted by Gasteiger charge is 2.41. The molecule has 1 rings (SSSR count). The van der Waals surface area contributed by atoms with Crippen LogP contribution in [0.2, 0.25) is 0 Å². The second-order valence-electron chi connectivity index (χ2n) is 4.17. The number of amidine groups is 1. The van der Waals surface area contributed by atoms with Crippen LogP contribution in [-0.2, 0) is 4.79 Å². The standard InChI is InChI=1S/C10H19N3O2/c1-3-4-13(6-9(11)12-15)10(14)8-5-7(8)2/h7-8,15H,3-6H2,1-2H3,(H2,11,12). The highest BCUT2D eigenvalue weighted by Crippen LogP contribution is 2.39. The Balaban J connectivity index is 2.53. The molecule has 86 valence electrons. The van der Waals surface area contributed by atoms with Gasteiger partial charge in [-0.3, -0.25) is 4.79 Å². The highest BCUT2D eigenvalue weighted by molar-refractivity contribution is 5.88. The van der Waals surface area contributed by atoms with E-state index >= 15 is 0 Å². The average molecular weight is 213 g/mol. The zero-order chi connectivity index (χ0) is 11.4. The van der Waals surface area contributed by atoms with Crippen molar-refractivity contribution in [2.24, 2.45) is 22.7 Å². The van der Waals surface area contributed by atoms with Crippen molar-refractivity contribution < 1.29 is 10.0 Å². The third-order valence-corrected chi connectivity index (χ3v) is 2.71. The molecule has 0 bridgehead atoms. The van der Waals surface area contributed by atoms with Gasteiger partial charge in [0.15, 0.2) is 5.84 Å². The molecule has 0 aromatic rings. The minimum absolute atomic E-state index is 0.0881. The Morgan fingerprint density at radius 3 is 2.67 bits per heavy atom. The van der Waals surface area contributed by atoms with Gasteiger partial charge in [-0.1, -0.05) is 19.0 Å². The number of nitrogens with two attached hydrogens (primary N) is 1. The fraction of sp³-hybridized carbons (Fsp3) is 0.800. The Labute approximate surface area is 89.9 Å². The molecule has 0 aromatic heterocycles. The van der Waals surface area contributed by atoms with Crippen LogP contribution in [0.15, 0.2) is 5.16 Å². The van der Waals surface area contributed by atoms with Crippen LogP contribution in [0, 0.1) is 11.8 Å². The summed E-state index contributed by atoms with van der Waals surface area (Å²) >= 11 is 0. The fourth-order valence-corrected chi connectivity index (χ4v) is 1.66. The third kappa shape index (κ3) is 3.11. The van der Waals surface area contributed by atoms with Crippen molar-refractivity contribution in [2.75, 3.05) is 13.1 Å². The lowest BCUT2D eigenvalue weighted by atomic mass is 10.2. The van der Waals surface area contributed by atoms with E-state index in [2.05, 4.69) is 12.1 Å². The normalized spacial score (nSPS) is 25.1. The molecule has 0 aliphatic heterocycles. The van der Waals surface area contributed by atoms with E-state index in [9.17, 15) is 4.79 Å². The second-order valence-corrected chi connectivity index (χ2v) is 4.17. The smallest absolute Gasteiger partial charge is 0.226 e. The predicted molar refractivity (Wildman–Crippen MR) is 57.6 cm³/mol. The molecular weight excluding hydrogens is 194 g/mol. The molecule has 2 unspecified atom stereocenters. The van der Waals surface area contributed by atoms with E-state index in [4.69, 9.17) is 10.9 Å². The van der Waals surface area contributed by atoms with E-state index in [1.54, 1.807) is 4.90 Å². The van der Waals surface area contributed by atoms with Crippen LogP contribution in [0.4, 0.5) is 0 Å². The number of nitrogens with zero attached hydrogens (tertiary/aromatic N) is 2. The van der Waals surface area contributed by atoms with Gasteiger partial charge in [0.25, 0.3) is 0 Å². The summed E-state index contributed by atoms with van der Waals surface area (Å²) in [5, 5.41) is 11.4. The van der Waals surface area contributed by atoms with Crippen LogP contribution in [0.25, 0.3) is 0 Å². The molecule has 5 heteroatoms. The Hall–Kier alpha value is -1.26. The molecule has 1 aliphatic carbocycles. The summed E-state index contributed by atoms with van der Waals surface area (Å²) in [4.78, 5) is 13.6. The highest BCUT2D eigenvalue weighted by atomic mass is 16.4. The van der Waals surface area contributed by atoms with Crippen LogP contribution in [0.3, 0.4) is 0 Å². The number of hydrogen-bond acceptors (Lipinski definition) is 3. The van der Waals surface area contributed by atoms with E-state index in [0.717, 1.165) is 12.8 Å². The van der Waals surface area contributed by atoms with Crippen molar-refractivity contribution in [2.45, 2.75) is 26.7 Å². The maximum Gasteiger partial charge on any atom is 0.226 e. The van der Waals surface area contributed by atoms with Gasteiger partial charge in [-0.25, -0.2) is 0 Å². The van der Waals surface area contributed by atoms with Crippen molar-refractivity contribution >= 4 is 11.7 Å². The maximum absolute atomic E-state index is 11.9. The minimum Gasteiger partial charge on any atom is -0.409 e. The summed E-state index contributed by atoms with van der Waals surface area (Å²) in [6.07, 6.45) is 1.85. The molecule has 1 aliphatic rings. The summed E-state index contributed by atoms with van der Waals surface area (Å²) in [6, 6.07) is 0. The van der Waals surface area contributed by atoms with Crippen LogP contribution < -0.4 is 5.73 Å². The molecule has 5 nitrogen and oxygen atoms in total. The minimum atomic E-state index is 0.0881. The van der Waals surface area contributed by atoms with Gasteiger partial charge in [0, 0.05) is 12.5 Å². The maximum atomic E-state index is 11.9. The fourth-order valence-electron chi connectivity index (χ4n) is 1.66. The van der Waals surface area contributed by atoms with Gasteiger partial charge in [0.1, 0.15) is 0 Å². The lowest BCUT2D eigenvalue weighted by Crippen LogP contribution is -2.40. The van der Waals surface area contributed by atoms with Crippen LogP contribution in [0.1, 0.15) is 26.7 Å². The van der Waals surface area contributed by atoms with Gasteiger partial charge in [-0.2, -0.15) is 0 Å². The van der Waals surface area contributed by atoms with Crippen molar-refractivity contribution in [3.63, 3.8) is 0 Å². The number of oxime groups is 1. The lowest BCUT2D eigenvalue weighted by Gasteiger charge is -2.21. The first-order valence-corrected chi connectivity index (χ1v) is 5.35. The SMILES string of the molecule is CCCN(CC(N)=NO)C(=O)C1CC1C. The van der Waals surface area contributed by atoms with Crippen molar-refractivity contribution in [1.29, 1.82) is 0 Å². The van der Waals surface area contributed by atoms with Crippen LogP contribution >= 0.6 is 0 Å². The second kappa shape index (κ2) is 5.00. The molecule has 2 atom stereocenters. The topological polar surface area (TPSA) is 78.9 Å². The summed E-state index contributed by atoms with van der Waals surface area (Å²) < 4.78 is 0. The van der Waals surface area contributed by atoms with Gasteiger partial charge in [0.2, 0.25) is 5.91 Å². The molecule has 0 aromatic carbocycles. The lowest BCUT2D eigenvalue weighted by molar-refractivity contribution is -0.132. The van der Waals surface area contributed by atoms with E-state index < -0.39 is 0 Å². The average Bonchev–Trinajstić information content (AvgIpc) is 2.93. The first-order chi connectivity index (χ1) is 7.10. The molecule has 1 fully saturated rings. The Morgan fingerprint density at radius 2 is 2.27 bits per heavy atom. The monoisotopic (exact) mass is 213 g/mol. The largest absolute Gasteiger partial charge is 0.409 e.